The normalized spacial score (nSPS) is 20.6. The molecule has 1 unspecified atom stereocenters. The first-order chi connectivity index (χ1) is 9.15. The minimum Gasteiger partial charge on any atom is -0.477 e. The molecule has 1 aromatic heterocycles. The van der Waals surface area contributed by atoms with Crippen molar-refractivity contribution in [1.82, 2.24) is 9.88 Å². The Kier molecular flexibility index (Phi) is 4.90. The maximum Gasteiger partial charge on any atom is 0.347 e. The Balaban J connectivity index is 2.14. The van der Waals surface area contributed by atoms with E-state index < -0.39 is 5.97 Å². The Bertz CT molecular complexity index is 445. The lowest BCUT2D eigenvalue weighted by Crippen LogP contribution is -2.38. The average molecular weight is 284 g/mol. The third-order valence-electron chi connectivity index (χ3n) is 3.21. The summed E-state index contributed by atoms with van der Waals surface area (Å²) >= 11 is 1.26. The number of hydrogen-bond acceptors (Lipinski definition) is 5. The van der Waals surface area contributed by atoms with Gasteiger partial charge in [0.05, 0.1) is 12.3 Å². The highest BCUT2D eigenvalue weighted by Crippen LogP contribution is 2.29. The van der Waals surface area contributed by atoms with Gasteiger partial charge in [-0.25, -0.2) is 9.78 Å². The second-order valence-electron chi connectivity index (χ2n) is 4.65. The Labute approximate surface area is 117 Å². The fourth-order valence-corrected chi connectivity index (χ4v) is 3.32. The van der Waals surface area contributed by atoms with E-state index in [2.05, 4.69) is 16.8 Å². The van der Waals surface area contributed by atoms with Gasteiger partial charge in [-0.05, 0) is 19.4 Å². The van der Waals surface area contributed by atoms with E-state index in [1.807, 2.05) is 6.92 Å². The lowest BCUT2D eigenvalue weighted by Gasteiger charge is -2.31. The number of carboxylic acid groups (broad SMARTS) is 1. The van der Waals surface area contributed by atoms with Gasteiger partial charge in [-0.15, -0.1) is 11.3 Å². The summed E-state index contributed by atoms with van der Waals surface area (Å²) < 4.78 is 5.75. The average Bonchev–Trinajstić information content (AvgIpc) is 2.84. The Hall–Kier alpha value is -0.980. The van der Waals surface area contributed by atoms with Crippen molar-refractivity contribution in [1.29, 1.82) is 0 Å². The zero-order valence-corrected chi connectivity index (χ0v) is 12.2. The van der Waals surface area contributed by atoms with Crippen molar-refractivity contribution in [3.63, 3.8) is 0 Å². The van der Waals surface area contributed by atoms with Crippen molar-refractivity contribution < 1.29 is 14.6 Å². The number of aryl methyl sites for hydroxylation is 1. The predicted molar refractivity (Wildman–Crippen MR) is 73.9 cm³/mol. The maximum absolute atomic E-state index is 11.2. The van der Waals surface area contributed by atoms with Crippen LogP contribution in [0.5, 0.6) is 0 Å². The van der Waals surface area contributed by atoms with E-state index >= 15 is 0 Å². The molecule has 1 aliphatic rings. The van der Waals surface area contributed by atoms with E-state index in [1.54, 1.807) is 0 Å². The zero-order chi connectivity index (χ0) is 13.8. The molecule has 2 rings (SSSR count). The summed E-state index contributed by atoms with van der Waals surface area (Å²) in [6.45, 7) is 7.58. The molecule has 1 aliphatic heterocycles. The molecule has 0 saturated carbocycles. The lowest BCUT2D eigenvalue weighted by molar-refractivity contribution is -0.0299. The minimum absolute atomic E-state index is 0.0799. The quantitative estimate of drug-likeness (QED) is 0.898. The fraction of sp³-hybridized carbons (Fsp3) is 0.692. The van der Waals surface area contributed by atoms with E-state index in [-0.39, 0.29) is 6.10 Å². The summed E-state index contributed by atoms with van der Waals surface area (Å²) in [5.41, 5.74) is 0.670. The highest BCUT2D eigenvalue weighted by molar-refractivity contribution is 7.13. The summed E-state index contributed by atoms with van der Waals surface area (Å²) in [7, 11) is 0. The molecule has 0 bridgehead atoms. The topological polar surface area (TPSA) is 62.7 Å². The lowest BCUT2D eigenvalue weighted by atomic mass is 10.2. The molecule has 1 aromatic rings. The van der Waals surface area contributed by atoms with Gasteiger partial charge in [0.25, 0.3) is 0 Å². The first kappa shape index (κ1) is 14.4. The van der Waals surface area contributed by atoms with Crippen LogP contribution < -0.4 is 0 Å². The molecular weight excluding hydrogens is 264 g/mol. The fourth-order valence-electron chi connectivity index (χ4n) is 2.29. The van der Waals surface area contributed by atoms with Crippen LogP contribution in [0.4, 0.5) is 0 Å². The number of carbonyl (C=O) groups is 1. The van der Waals surface area contributed by atoms with Crippen molar-refractivity contribution in [2.24, 2.45) is 0 Å². The number of thiazole rings is 1. The van der Waals surface area contributed by atoms with Gasteiger partial charge >= 0.3 is 5.97 Å². The largest absolute Gasteiger partial charge is 0.477 e. The smallest absolute Gasteiger partial charge is 0.347 e. The van der Waals surface area contributed by atoms with Crippen LogP contribution in [0.25, 0.3) is 0 Å². The molecular formula is C13H20N2O3S. The molecule has 0 aliphatic carbocycles. The van der Waals surface area contributed by atoms with Crippen LogP contribution in [-0.2, 0) is 11.2 Å². The number of aromatic nitrogens is 1. The van der Waals surface area contributed by atoms with Gasteiger partial charge in [0.1, 0.15) is 16.0 Å². The monoisotopic (exact) mass is 284 g/mol. The van der Waals surface area contributed by atoms with Crippen LogP contribution in [0, 0.1) is 0 Å². The molecule has 106 valence electrons. The second-order valence-corrected chi connectivity index (χ2v) is 5.68. The summed E-state index contributed by atoms with van der Waals surface area (Å²) in [5, 5.41) is 9.96. The summed E-state index contributed by atoms with van der Waals surface area (Å²) in [6.07, 6.45) is 1.68. The zero-order valence-electron chi connectivity index (χ0n) is 11.4. The van der Waals surface area contributed by atoms with E-state index in [0.717, 1.165) is 31.1 Å². The molecule has 1 fully saturated rings. The van der Waals surface area contributed by atoms with E-state index in [1.165, 1.54) is 11.3 Å². The van der Waals surface area contributed by atoms with E-state index in [9.17, 15) is 4.79 Å². The van der Waals surface area contributed by atoms with E-state index in [4.69, 9.17) is 9.84 Å². The molecule has 0 amide bonds. The van der Waals surface area contributed by atoms with Crippen LogP contribution in [0.15, 0.2) is 0 Å². The predicted octanol–water partition coefficient (Wildman–Crippen LogP) is 2.19. The van der Waals surface area contributed by atoms with Gasteiger partial charge < -0.3 is 9.84 Å². The van der Waals surface area contributed by atoms with Crippen molar-refractivity contribution >= 4 is 17.3 Å². The Morgan fingerprint density at radius 3 is 2.95 bits per heavy atom. The van der Waals surface area contributed by atoms with Crippen molar-refractivity contribution in [2.45, 2.75) is 32.8 Å². The maximum atomic E-state index is 11.2. The number of aromatic carboxylic acids is 1. The van der Waals surface area contributed by atoms with Crippen molar-refractivity contribution in [3.8, 4) is 0 Å². The second kappa shape index (κ2) is 6.45. The number of nitrogens with zero attached hydrogens (tertiary/aromatic N) is 2. The number of rotatable bonds is 5. The van der Waals surface area contributed by atoms with Crippen LogP contribution in [-0.4, -0.2) is 47.2 Å². The molecule has 5 nitrogen and oxygen atoms in total. The van der Waals surface area contributed by atoms with E-state index in [0.29, 0.717) is 23.6 Å². The van der Waals surface area contributed by atoms with Crippen LogP contribution in [0.1, 0.15) is 46.7 Å². The SMILES string of the molecule is CCCN1CCOC(c2nc(CC)c(C(=O)O)s2)C1. The highest BCUT2D eigenvalue weighted by Gasteiger charge is 2.26. The number of hydrogen-bond donors (Lipinski definition) is 1. The molecule has 19 heavy (non-hydrogen) atoms. The van der Waals surface area contributed by atoms with Gasteiger partial charge in [-0.2, -0.15) is 0 Å². The molecule has 6 heteroatoms. The molecule has 1 saturated heterocycles. The van der Waals surface area contributed by atoms with Crippen LogP contribution in [0.3, 0.4) is 0 Å². The first-order valence-corrected chi connectivity index (χ1v) is 7.54. The van der Waals surface area contributed by atoms with Gasteiger partial charge in [-0.3, -0.25) is 4.90 Å². The van der Waals surface area contributed by atoms with Gasteiger partial charge in [0, 0.05) is 13.1 Å². The van der Waals surface area contributed by atoms with Crippen molar-refractivity contribution in [3.05, 3.63) is 15.6 Å². The number of ether oxygens (including phenoxy) is 1. The molecule has 2 heterocycles. The summed E-state index contributed by atoms with van der Waals surface area (Å²) in [4.78, 5) is 18.3. The first-order valence-electron chi connectivity index (χ1n) is 6.72. The number of carboxylic acids is 1. The third kappa shape index (κ3) is 3.32. The third-order valence-corrected chi connectivity index (χ3v) is 4.39. The Morgan fingerprint density at radius 1 is 1.58 bits per heavy atom. The van der Waals surface area contributed by atoms with Crippen LogP contribution >= 0.6 is 11.3 Å². The van der Waals surface area contributed by atoms with Gasteiger partial charge in [-0.1, -0.05) is 13.8 Å². The number of morpholine rings is 1. The summed E-state index contributed by atoms with van der Waals surface area (Å²) in [6, 6.07) is 0. The van der Waals surface area contributed by atoms with Crippen molar-refractivity contribution in [2.75, 3.05) is 26.2 Å². The van der Waals surface area contributed by atoms with Gasteiger partial charge in [0.2, 0.25) is 0 Å². The Morgan fingerprint density at radius 2 is 2.37 bits per heavy atom. The molecule has 0 radical (unpaired) electrons. The minimum atomic E-state index is -0.887. The summed E-state index contributed by atoms with van der Waals surface area (Å²) in [5.74, 6) is -0.887. The standard InChI is InChI=1S/C13H20N2O3S/c1-3-5-15-6-7-18-10(8-15)12-14-9(4-2)11(19-12)13(16)17/h10H,3-8H2,1-2H3,(H,16,17). The van der Waals surface area contributed by atoms with Gasteiger partial charge in [0.15, 0.2) is 0 Å². The van der Waals surface area contributed by atoms with Crippen LogP contribution in [0.2, 0.25) is 0 Å². The molecule has 1 atom stereocenters. The highest BCUT2D eigenvalue weighted by atomic mass is 32.1. The molecule has 0 aromatic carbocycles. The molecule has 0 spiro atoms. The molecule has 1 N–H and O–H groups in total.